The van der Waals surface area contributed by atoms with E-state index >= 15 is 0 Å². The summed E-state index contributed by atoms with van der Waals surface area (Å²) in [6.45, 7) is 4.30. The van der Waals surface area contributed by atoms with Crippen LogP contribution in [0.3, 0.4) is 0 Å². The highest BCUT2D eigenvalue weighted by atomic mass is 35.5. The van der Waals surface area contributed by atoms with Crippen LogP contribution >= 0.6 is 11.6 Å². The zero-order chi connectivity index (χ0) is 18.5. The third-order valence-corrected chi connectivity index (χ3v) is 4.61. The van der Waals surface area contributed by atoms with Gasteiger partial charge in [0.25, 0.3) is 0 Å². The van der Waals surface area contributed by atoms with Crippen molar-refractivity contribution in [3.05, 3.63) is 52.8 Å². The molecule has 3 atom stereocenters. The van der Waals surface area contributed by atoms with Crippen molar-refractivity contribution < 1.29 is 9.53 Å². The van der Waals surface area contributed by atoms with E-state index in [0.717, 1.165) is 17.7 Å². The number of aromatic nitrogens is 2. The van der Waals surface area contributed by atoms with Gasteiger partial charge in [0.15, 0.2) is 0 Å². The van der Waals surface area contributed by atoms with E-state index in [1.54, 1.807) is 12.4 Å². The van der Waals surface area contributed by atoms with E-state index in [-0.39, 0.29) is 24.2 Å². The quantitative estimate of drug-likeness (QED) is 0.835. The molecule has 0 bridgehead atoms. The molecule has 0 radical (unpaired) electrons. The average molecular weight is 375 g/mol. The fourth-order valence-electron chi connectivity index (χ4n) is 3.19. The molecule has 0 unspecified atom stereocenters. The summed E-state index contributed by atoms with van der Waals surface area (Å²) in [5, 5.41) is 6.79. The molecule has 0 saturated carbocycles. The number of nitrogens with one attached hydrogen (secondary N) is 2. The highest BCUT2D eigenvalue weighted by Gasteiger charge is 2.32. The number of nitrogens with zero attached hydrogens (tertiary/aromatic N) is 2. The van der Waals surface area contributed by atoms with Gasteiger partial charge in [-0.25, -0.2) is 9.97 Å². The van der Waals surface area contributed by atoms with Crippen LogP contribution < -0.4 is 10.6 Å². The van der Waals surface area contributed by atoms with Crippen LogP contribution in [0.25, 0.3) is 0 Å². The first-order valence-corrected chi connectivity index (χ1v) is 9.16. The van der Waals surface area contributed by atoms with Gasteiger partial charge in [0.05, 0.1) is 12.2 Å². The number of halogens is 1. The van der Waals surface area contributed by atoms with Gasteiger partial charge in [-0.05, 0) is 37.5 Å². The van der Waals surface area contributed by atoms with Gasteiger partial charge in [-0.15, -0.1) is 0 Å². The van der Waals surface area contributed by atoms with E-state index < -0.39 is 0 Å². The molecule has 1 aromatic heterocycles. The lowest BCUT2D eigenvalue weighted by Gasteiger charge is -2.36. The molecule has 1 amide bonds. The molecule has 1 saturated heterocycles. The Hall–Kier alpha value is -2.18. The molecule has 6 nitrogen and oxygen atoms in total. The lowest BCUT2D eigenvalue weighted by molar-refractivity contribution is -0.122. The van der Waals surface area contributed by atoms with Gasteiger partial charge in [-0.2, -0.15) is 0 Å². The molecule has 138 valence electrons. The number of hydrogen-bond acceptors (Lipinski definition) is 5. The van der Waals surface area contributed by atoms with Gasteiger partial charge in [-0.3, -0.25) is 4.79 Å². The van der Waals surface area contributed by atoms with Gasteiger partial charge in [-0.1, -0.05) is 23.7 Å². The molecule has 2 aromatic rings. The number of anilines is 1. The van der Waals surface area contributed by atoms with E-state index in [9.17, 15) is 4.79 Å². The van der Waals surface area contributed by atoms with Crippen LogP contribution in [0.2, 0.25) is 5.02 Å². The Morgan fingerprint density at radius 2 is 1.77 bits per heavy atom. The molecule has 2 heterocycles. The van der Waals surface area contributed by atoms with Crippen molar-refractivity contribution in [1.82, 2.24) is 15.3 Å². The van der Waals surface area contributed by atoms with Gasteiger partial charge < -0.3 is 15.4 Å². The van der Waals surface area contributed by atoms with Crippen LogP contribution in [-0.2, 0) is 9.53 Å². The van der Waals surface area contributed by atoms with Crippen LogP contribution in [0.4, 0.5) is 5.95 Å². The molecular weight excluding hydrogens is 352 g/mol. The van der Waals surface area contributed by atoms with E-state index in [1.165, 1.54) is 6.92 Å². The maximum atomic E-state index is 11.6. The topological polar surface area (TPSA) is 76.1 Å². The summed E-state index contributed by atoms with van der Waals surface area (Å²) in [4.78, 5) is 20.2. The molecule has 7 heteroatoms. The summed E-state index contributed by atoms with van der Waals surface area (Å²) in [6, 6.07) is 7.66. The van der Waals surface area contributed by atoms with Crippen molar-refractivity contribution in [2.45, 2.75) is 44.9 Å². The zero-order valence-corrected chi connectivity index (χ0v) is 15.7. The molecule has 0 aliphatic carbocycles. The highest BCUT2D eigenvalue weighted by molar-refractivity contribution is 6.30. The van der Waals surface area contributed by atoms with Crippen LogP contribution in [0, 0.1) is 0 Å². The molecule has 3 rings (SSSR count). The molecule has 1 aliphatic rings. The molecule has 1 aliphatic heterocycles. The van der Waals surface area contributed by atoms with Gasteiger partial charge in [0, 0.05) is 42.5 Å². The SMILES string of the molecule is CCNc1ncc([C@H]2C[C@@H](NC(C)=O)C[C@@H](c3ccc(Cl)cc3)O2)cn1. The summed E-state index contributed by atoms with van der Waals surface area (Å²) in [6.07, 6.45) is 4.66. The normalized spacial score (nSPS) is 22.7. The lowest BCUT2D eigenvalue weighted by Crippen LogP contribution is -2.39. The molecule has 0 spiro atoms. The van der Waals surface area contributed by atoms with Crippen molar-refractivity contribution in [2.75, 3.05) is 11.9 Å². The summed E-state index contributed by atoms with van der Waals surface area (Å²) in [5.74, 6) is 0.559. The van der Waals surface area contributed by atoms with Crippen LogP contribution in [-0.4, -0.2) is 28.5 Å². The maximum Gasteiger partial charge on any atom is 0.222 e. The van der Waals surface area contributed by atoms with Crippen LogP contribution in [0.15, 0.2) is 36.7 Å². The van der Waals surface area contributed by atoms with Crippen molar-refractivity contribution in [1.29, 1.82) is 0 Å². The Morgan fingerprint density at radius 1 is 1.15 bits per heavy atom. The Bertz CT molecular complexity index is 736. The van der Waals surface area contributed by atoms with E-state index in [2.05, 4.69) is 20.6 Å². The molecule has 1 fully saturated rings. The number of carbonyl (C=O) groups is 1. The molecule has 2 N–H and O–H groups in total. The number of amides is 1. The average Bonchev–Trinajstić information content (AvgIpc) is 2.62. The Kier molecular flexibility index (Phi) is 6.06. The highest BCUT2D eigenvalue weighted by Crippen LogP contribution is 2.38. The standard InChI is InChI=1S/C19H23ClN4O2/c1-3-21-19-22-10-14(11-23-19)18-9-16(24-12(2)25)8-17(26-18)13-4-6-15(20)7-5-13/h4-7,10-11,16-18H,3,8-9H2,1-2H3,(H,24,25)(H,21,22,23)/t16-,17-,18+/m0/s1. The first-order valence-electron chi connectivity index (χ1n) is 8.79. The summed E-state index contributed by atoms with van der Waals surface area (Å²) in [7, 11) is 0. The largest absolute Gasteiger partial charge is 0.365 e. The maximum absolute atomic E-state index is 11.6. The van der Waals surface area contributed by atoms with Gasteiger partial charge >= 0.3 is 0 Å². The minimum atomic E-state index is -0.183. The monoisotopic (exact) mass is 374 g/mol. The van der Waals surface area contributed by atoms with E-state index in [1.807, 2.05) is 31.2 Å². The smallest absolute Gasteiger partial charge is 0.222 e. The summed E-state index contributed by atoms with van der Waals surface area (Å²) in [5.41, 5.74) is 1.94. The third kappa shape index (κ3) is 4.71. The van der Waals surface area contributed by atoms with Crippen molar-refractivity contribution in [3.8, 4) is 0 Å². The summed E-state index contributed by atoms with van der Waals surface area (Å²) >= 11 is 5.99. The first kappa shape index (κ1) is 18.6. The minimum Gasteiger partial charge on any atom is -0.365 e. The van der Waals surface area contributed by atoms with Crippen molar-refractivity contribution >= 4 is 23.5 Å². The van der Waals surface area contributed by atoms with Crippen LogP contribution in [0.1, 0.15) is 50.0 Å². The zero-order valence-electron chi connectivity index (χ0n) is 14.9. The third-order valence-electron chi connectivity index (χ3n) is 4.35. The second-order valence-corrected chi connectivity index (χ2v) is 6.84. The Labute approximate surface area is 158 Å². The van der Waals surface area contributed by atoms with Gasteiger partial charge in [0.1, 0.15) is 0 Å². The predicted molar refractivity (Wildman–Crippen MR) is 101 cm³/mol. The predicted octanol–water partition coefficient (Wildman–Crippen LogP) is 3.66. The number of rotatable bonds is 5. The van der Waals surface area contributed by atoms with E-state index in [0.29, 0.717) is 23.8 Å². The Morgan fingerprint density at radius 3 is 2.35 bits per heavy atom. The Balaban J connectivity index is 1.81. The lowest BCUT2D eigenvalue weighted by atomic mass is 9.92. The fraction of sp³-hybridized carbons (Fsp3) is 0.421. The minimum absolute atomic E-state index is 0.0281. The number of carbonyl (C=O) groups excluding carboxylic acids is 1. The summed E-state index contributed by atoms with van der Waals surface area (Å²) < 4.78 is 6.32. The number of ether oxygens (including phenoxy) is 1. The van der Waals surface area contributed by atoms with Crippen LogP contribution in [0.5, 0.6) is 0 Å². The number of hydrogen-bond donors (Lipinski definition) is 2. The fourth-order valence-corrected chi connectivity index (χ4v) is 3.31. The molecule has 26 heavy (non-hydrogen) atoms. The van der Waals surface area contributed by atoms with Crippen molar-refractivity contribution in [2.24, 2.45) is 0 Å². The number of benzene rings is 1. The second-order valence-electron chi connectivity index (χ2n) is 6.40. The first-order chi connectivity index (χ1) is 12.5. The van der Waals surface area contributed by atoms with Gasteiger partial charge in [0.2, 0.25) is 11.9 Å². The molecular formula is C19H23ClN4O2. The second kappa shape index (κ2) is 8.47. The van der Waals surface area contributed by atoms with Crippen molar-refractivity contribution in [3.63, 3.8) is 0 Å². The molecule has 1 aromatic carbocycles. The van der Waals surface area contributed by atoms with E-state index in [4.69, 9.17) is 16.3 Å².